The summed E-state index contributed by atoms with van der Waals surface area (Å²) in [5.41, 5.74) is 2.85. The number of hydrogen-bond acceptors (Lipinski definition) is 4. The van der Waals surface area contributed by atoms with E-state index in [0.717, 1.165) is 5.56 Å². The van der Waals surface area contributed by atoms with Crippen molar-refractivity contribution in [2.75, 3.05) is 5.32 Å². The first kappa shape index (κ1) is 15.0. The third-order valence-electron chi connectivity index (χ3n) is 3.08. The maximum atomic E-state index is 11.3. The van der Waals surface area contributed by atoms with Crippen molar-refractivity contribution < 1.29 is 14.6 Å². The van der Waals surface area contributed by atoms with Crippen LogP contribution >= 0.6 is 0 Å². The molecule has 0 fully saturated rings. The summed E-state index contributed by atoms with van der Waals surface area (Å²) in [4.78, 5) is 15.5. The van der Waals surface area contributed by atoms with Crippen LogP contribution in [-0.2, 0) is 4.79 Å². The quantitative estimate of drug-likeness (QED) is 0.906. The van der Waals surface area contributed by atoms with Crippen molar-refractivity contribution in [3.63, 3.8) is 0 Å². The molecule has 1 atom stereocenters. The molecule has 1 amide bonds. The molecule has 1 heterocycles. The minimum atomic E-state index is -1.06. The SMILES string of the molecule is Cc1ccc(Oc2ccc(NC(=O)C(C)O)cn2)cc1C. The average molecular weight is 286 g/mol. The standard InChI is InChI=1S/C16H18N2O3/c1-10-4-6-14(8-11(10)2)21-15-7-5-13(9-17-15)18-16(20)12(3)19/h4-9,12,19H,1-3H3,(H,18,20). The van der Waals surface area contributed by atoms with E-state index in [1.54, 1.807) is 12.1 Å². The molecule has 1 aromatic heterocycles. The lowest BCUT2D eigenvalue weighted by Gasteiger charge is -2.09. The van der Waals surface area contributed by atoms with Crippen molar-refractivity contribution in [2.45, 2.75) is 26.9 Å². The number of aliphatic hydroxyl groups is 1. The van der Waals surface area contributed by atoms with Gasteiger partial charge in [0.1, 0.15) is 11.9 Å². The summed E-state index contributed by atoms with van der Waals surface area (Å²) < 4.78 is 5.65. The minimum absolute atomic E-state index is 0.438. The van der Waals surface area contributed by atoms with E-state index in [1.807, 2.05) is 32.0 Å². The van der Waals surface area contributed by atoms with Gasteiger partial charge in [0.05, 0.1) is 11.9 Å². The Morgan fingerprint density at radius 1 is 1.24 bits per heavy atom. The first-order chi connectivity index (χ1) is 9.95. The molecule has 0 saturated heterocycles. The average Bonchev–Trinajstić information content (AvgIpc) is 2.45. The number of carbonyl (C=O) groups is 1. The molecule has 0 aliphatic rings. The fraction of sp³-hybridized carbons (Fsp3) is 0.250. The molecule has 5 nitrogen and oxygen atoms in total. The van der Waals surface area contributed by atoms with Crippen molar-refractivity contribution in [3.05, 3.63) is 47.7 Å². The number of anilines is 1. The number of pyridine rings is 1. The Hall–Kier alpha value is -2.40. The smallest absolute Gasteiger partial charge is 0.252 e. The van der Waals surface area contributed by atoms with E-state index in [2.05, 4.69) is 10.3 Å². The molecule has 0 aliphatic carbocycles. The van der Waals surface area contributed by atoms with Gasteiger partial charge in [-0.05, 0) is 50.1 Å². The largest absolute Gasteiger partial charge is 0.439 e. The van der Waals surface area contributed by atoms with Gasteiger partial charge in [0.15, 0.2) is 0 Å². The van der Waals surface area contributed by atoms with Crippen LogP contribution in [0.2, 0.25) is 0 Å². The Morgan fingerprint density at radius 2 is 2.00 bits per heavy atom. The third-order valence-corrected chi connectivity index (χ3v) is 3.08. The van der Waals surface area contributed by atoms with E-state index in [9.17, 15) is 4.79 Å². The number of aryl methyl sites for hydroxylation is 2. The van der Waals surface area contributed by atoms with E-state index < -0.39 is 12.0 Å². The van der Waals surface area contributed by atoms with Crippen molar-refractivity contribution >= 4 is 11.6 Å². The molecule has 1 unspecified atom stereocenters. The van der Waals surface area contributed by atoms with Crippen LogP contribution in [0.15, 0.2) is 36.5 Å². The highest BCUT2D eigenvalue weighted by atomic mass is 16.5. The lowest BCUT2D eigenvalue weighted by Crippen LogP contribution is -2.24. The molecule has 1 aromatic carbocycles. The van der Waals surface area contributed by atoms with E-state index in [4.69, 9.17) is 9.84 Å². The van der Waals surface area contributed by atoms with E-state index in [1.165, 1.54) is 18.7 Å². The Bertz CT molecular complexity index is 636. The van der Waals surface area contributed by atoms with Crippen molar-refractivity contribution in [3.8, 4) is 11.6 Å². The zero-order valence-electron chi connectivity index (χ0n) is 12.3. The summed E-state index contributed by atoms with van der Waals surface area (Å²) in [5, 5.41) is 11.7. The predicted octanol–water partition coefficient (Wildman–Crippen LogP) is 2.81. The molecule has 2 aromatic rings. The van der Waals surface area contributed by atoms with Crippen LogP contribution in [0.1, 0.15) is 18.1 Å². The highest BCUT2D eigenvalue weighted by Crippen LogP contribution is 2.22. The summed E-state index contributed by atoms with van der Waals surface area (Å²) in [5.74, 6) is 0.680. The lowest BCUT2D eigenvalue weighted by atomic mass is 10.1. The van der Waals surface area contributed by atoms with Gasteiger partial charge in [-0.15, -0.1) is 0 Å². The summed E-state index contributed by atoms with van der Waals surface area (Å²) in [6, 6.07) is 9.14. The van der Waals surface area contributed by atoms with Gasteiger partial charge in [-0.1, -0.05) is 6.07 Å². The number of carbonyl (C=O) groups excluding carboxylic acids is 1. The second-order valence-electron chi connectivity index (χ2n) is 4.90. The van der Waals surface area contributed by atoms with Gasteiger partial charge >= 0.3 is 0 Å². The molecule has 0 saturated carbocycles. The van der Waals surface area contributed by atoms with Crippen LogP contribution in [0.3, 0.4) is 0 Å². The van der Waals surface area contributed by atoms with Crippen LogP contribution in [0.5, 0.6) is 11.6 Å². The lowest BCUT2D eigenvalue weighted by molar-refractivity contribution is -0.123. The van der Waals surface area contributed by atoms with Gasteiger partial charge in [-0.3, -0.25) is 4.79 Å². The number of ether oxygens (including phenoxy) is 1. The molecule has 21 heavy (non-hydrogen) atoms. The third kappa shape index (κ3) is 4.03. The highest BCUT2D eigenvalue weighted by molar-refractivity contribution is 5.93. The molecule has 2 N–H and O–H groups in total. The fourth-order valence-electron chi connectivity index (χ4n) is 1.66. The van der Waals surface area contributed by atoms with E-state index in [-0.39, 0.29) is 0 Å². The van der Waals surface area contributed by atoms with Gasteiger partial charge in [0.25, 0.3) is 5.91 Å². The fourth-order valence-corrected chi connectivity index (χ4v) is 1.66. The molecular formula is C16H18N2O3. The summed E-state index contributed by atoms with van der Waals surface area (Å²) >= 11 is 0. The molecule has 5 heteroatoms. The number of nitrogens with one attached hydrogen (secondary N) is 1. The van der Waals surface area contributed by atoms with Crippen LogP contribution in [0.4, 0.5) is 5.69 Å². The number of nitrogens with zero attached hydrogens (tertiary/aromatic N) is 1. The normalized spacial score (nSPS) is 11.8. The molecule has 110 valence electrons. The molecule has 0 aliphatic heterocycles. The second kappa shape index (κ2) is 6.37. The van der Waals surface area contributed by atoms with Crippen molar-refractivity contribution in [1.29, 1.82) is 0 Å². The minimum Gasteiger partial charge on any atom is -0.439 e. The molecular weight excluding hydrogens is 268 g/mol. The number of hydrogen-bond donors (Lipinski definition) is 2. The number of aliphatic hydroxyl groups excluding tert-OH is 1. The van der Waals surface area contributed by atoms with Crippen molar-refractivity contribution in [1.82, 2.24) is 4.98 Å². The Labute approximate surface area is 123 Å². The van der Waals surface area contributed by atoms with E-state index >= 15 is 0 Å². The summed E-state index contributed by atoms with van der Waals surface area (Å²) in [7, 11) is 0. The topological polar surface area (TPSA) is 71.5 Å². The monoisotopic (exact) mass is 286 g/mol. The maximum Gasteiger partial charge on any atom is 0.252 e. The van der Waals surface area contributed by atoms with Gasteiger partial charge in [-0.2, -0.15) is 0 Å². The number of aromatic nitrogens is 1. The van der Waals surface area contributed by atoms with Crippen LogP contribution in [0, 0.1) is 13.8 Å². The van der Waals surface area contributed by atoms with Gasteiger partial charge in [0, 0.05) is 6.07 Å². The molecule has 2 rings (SSSR count). The number of rotatable bonds is 4. The molecule has 0 bridgehead atoms. The van der Waals surface area contributed by atoms with Crippen LogP contribution < -0.4 is 10.1 Å². The first-order valence-corrected chi connectivity index (χ1v) is 6.66. The van der Waals surface area contributed by atoms with Gasteiger partial charge in [0.2, 0.25) is 5.88 Å². The second-order valence-corrected chi connectivity index (χ2v) is 4.90. The molecule has 0 spiro atoms. The Morgan fingerprint density at radius 3 is 2.57 bits per heavy atom. The van der Waals surface area contributed by atoms with Crippen molar-refractivity contribution in [2.24, 2.45) is 0 Å². The Kier molecular flexibility index (Phi) is 4.55. The summed E-state index contributed by atoms with van der Waals surface area (Å²) in [6.45, 7) is 5.46. The number of amides is 1. The Balaban J connectivity index is 2.05. The van der Waals surface area contributed by atoms with E-state index in [0.29, 0.717) is 17.3 Å². The highest BCUT2D eigenvalue weighted by Gasteiger charge is 2.09. The maximum absolute atomic E-state index is 11.3. The predicted molar refractivity (Wildman–Crippen MR) is 80.5 cm³/mol. The van der Waals surface area contributed by atoms with Gasteiger partial charge < -0.3 is 15.2 Å². The molecule has 0 radical (unpaired) electrons. The van der Waals surface area contributed by atoms with Crippen LogP contribution in [-0.4, -0.2) is 22.1 Å². The zero-order valence-corrected chi connectivity index (χ0v) is 12.3. The van der Waals surface area contributed by atoms with Gasteiger partial charge in [-0.25, -0.2) is 4.98 Å². The number of benzene rings is 1. The zero-order chi connectivity index (χ0) is 15.4. The summed E-state index contributed by atoms with van der Waals surface area (Å²) in [6.07, 6.45) is 0.424. The van der Waals surface area contributed by atoms with Crippen LogP contribution in [0.25, 0.3) is 0 Å². The first-order valence-electron chi connectivity index (χ1n) is 6.66.